The highest BCUT2D eigenvalue weighted by Gasteiger charge is 2.14. The summed E-state index contributed by atoms with van der Waals surface area (Å²) in [5.41, 5.74) is 2.56. The monoisotopic (exact) mass is 472 g/mol. The summed E-state index contributed by atoms with van der Waals surface area (Å²) in [6.07, 6.45) is 3.13. The molecule has 0 spiro atoms. The fourth-order valence-electron chi connectivity index (χ4n) is 2.91. The van der Waals surface area contributed by atoms with E-state index in [1.807, 2.05) is 13.8 Å². The molecule has 11 heteroatoms. The molecule has 0 saturated heterocycles. The Balaban J connectivity index is 1.41. The number of halogens is 2. The van der Waals surface area contributed by atoms with Gasteiger partial charge in [-0.25, -0.2) is 18.7 Å². The van der Waals surface area contributed by atoms with E-state index in [1.54, 1.807) is 39.8 Å². The molecule has 3 heterocycles. The Morgan fingerprint density at radius 1 is 1.13 bits per heavy atom. The number of carbonyl (C=O) groups is 1. The molecule has 0 aliphatic rings. The van der Waals surface area contributed by atoms with Gasteiger partial charge in [0.15, 0.2) is 5.69 Å². The van der Waals surface area contributed by atoms with Crippen molar-refractivity contribution in [2.24, 2.45) is 0 Å². The molecule has 1 aromatic carbocycles. The van der Waals surface area contributed by atoms with Gasteiger partial charge < -0.3 is 0 Å². The Kier molecular flexibility index (Phi) is 5.44. The number of aryl methyl sites for hydroxylation is 1. The summed E-state index contributed by atoms with van der Waals surface area (Å²) in [6, 6.07) is 8.03. The lowest BCUT2D eigenvalue weighted by atomic mass is 10.2. The van der Waals surface area contributed by atoms with Crippen LogP contribution in [0.5, 0.6) is 0 Å². The van der Waals surface area contributed by atoms with Gasteiger partial charge in [0.1, 0.15) is 18.8 Å². The summed E-state index contributed by atoms with van der Waals surface area (Å²) in [4.78, 5) is 16.5. The summed E-state index contributed by atoms with van der Waals surface area (Å²) in [6.45, 7) is 4.45. The molecule has 1 N–H and O–H groups in total. The van der Waals surface area contributed by atoms with Crippen molar-refractivity contribution in [2.45, 2.75) is 27.1 Å². The third kappa shape index (κ3) is 4.15. The van der Waals surface area contributed by atoms with E-state index >= 15 is 0 Å². The molecule has 0 atom stereocenters. The van der Waals surface area contributed by atoms with Crippen molar-refractivity contribution >= 4 is 27.8 Å². The second-order valence-corrected chi connectivity index (χ2v) is 7.47. The topological polar surface area (TPSA) is 95.5 Å². The molecular weight excluding hydrogens is 455 g/mol. The standard InChI is InChI=1S/C19H18BrFN8O/c1-12-17(20)13(2)29(24-12)11-27-8-7-16(25-27)18(30)23-19-22-10-28(26-19)9-14-5-3-4-6-15(14)21/h3-8,10H,9,11H2,1-2H3,(H,23,26,30). The van der Waals surface area contributed by atoms with Gasteiger partial charge in [-0.15, -0.1) is 5.10 Å². The molecule has 0 unspecified atom stereocenters. The van der Waals surface area contributed by atoms with Crippen LogP contribution in [0.25, 0.3) is 0 Å². The largest absolute Gasteiger partial charge is 0.288 e. The molecule has 0 radical (unpaired) electrons. The van der Waals surface area contributed by atoms with Gasteiger partial charge in [-0.05, 0) is 41.9 Å². The van der Waals surface area contributed by atoms with Crippen LogP contribution in [0.1, 0.15) is 27.4 Å². The molecule has 0 aliphatic heterocycles. The molecule has 0 fully saturated rings. The first-order valence-electron chi connectivity index (χ1n) is 9.08. The third-order valence-corrected chi connectivity index (χ3v) is 5.64. The minimum atomic E-state index is -0.438. The van der Waals surface area contributed by atoms with Crippen molar-refractivity contribution in [1.82, 2.24) is 34.3 Å². The molecule has 9 nitrogen and oxygen atoms in total. The molecule has 0 bridgehead atoms. The maximum atomic E-state index is 13.8. The van der Waals surface area contributed by atoms with Crippen LogP contribution in [-0.4, -0.2) is 40.2 Å². The van der Waals surface area contributed by atoms with E-state index in [2.05, 4.69) is 41.5 Å². The van der Waals surface area contributed by atoms with Crippen LogP contribution >= 0.6 is 15.9 Å². The van der Waals surface area contributed by atoms with Crippen LogP contribution in [0.15, 0.2) is 47.3 Å². The zero-order valence-electron chi connectivity index (χ0n) is 16.3. The van der Waals surface area contributed by atoms with Gasteiger partial charge in [0.25, 0.3) is 5.91 Å². The van der Waals surface area contributed by atoms with Crippen molar-refractivity contribution < 1.29 is 9.18 Å². The molecule has 0 aliphatic carbocycles. The van der Waals surface area contributed by atoms with Crippen LogP contribution in [0.4, 0.5) is 10.3 Å². The smallest absolute Gasteiger partial charge is 0.278 e. The number of nitrogens with one attached hydrogen (secondary N) is 1. The minimum Gasteiger partial charge on any atom is -0.288 e. The predicted octanol–water partition coefficient (Wildman–Crippen LogP) is 3.00. The van der Waals surface area contributed by atoms with Crippen LogP contribution in [0.3, 0.4) is 0 Å². The van der Waals surface area contributed by atoms with Crippen LogP contribution in [0.2, 0.25) is 0 Å². The van der Waals surface area contributed by atoms with Crippen molar-refractivity contribution in [3.8, 4) is 0 Å². The number of benzene rings is 1. The van der Waals surface area contributed by atoms with E-state index < -0.39 is 5.91 Å². The number of aromatic nitrogens is 7. The van der Waals surface area contributed by atoms with E-state index in [1.165, 1.54) is 17.1 Å². The Hall–Kier alpha value is -3.34. The van der Waals surface area contributed by atoms with E-state index in [4.69, 9.17) is 0 Å². The van der Waals surface area contributed by atoms with E-state index in [-0.39, 0.29) is 24.0 Å². The molecular formula is C19H18BrFN8O. The lowest BCUT2D eigenvalue weighted by Gasteiger charge is -2.04. The Bertz CT molecular complexity index is 1210. The highest BCUT2D eigenvalue weighted by atomic mass is 79.9. The van der Waals surface area contributed by atoms with Crippen LogP contribution in [-0.2, 0) is 13.2 Å². The van der Waals surface area contributed by atoms with Crippen LogP contribution in [0, 0.1) is 19.7 Å². The average Bonchev–Trinajstić information content (AvgIpc) is 3.42. The van der Waals surface area contributed by atoms with Gasteiger partial charge >= 0.3 is 0 Å². The molecule has 0 saturated carbocycles. The Morgan fingerprint density at radius 2 is 1.93 bits per heavy atom. The van der Waals surface area contributed by atoms with E-state index in [9.17, 15) is 9.18 Å². The number of hydrogen-bond acceptors (Lipinski definition) is 5. The summed E-state index contributed by atoms with van der Waals surface area (Å²) < 4.78 is 19.6. The second-order valence-electron chi connectivity index (χ2n) is 6.68. The second kappa shape index (κ2) is 8.19. The number of rotatable bonds is 6. The van der Waals surface area contributed by atoms with E-state index in [0.29, 0.717) is 12.2 Å². The summed E-state index contributed by atoms with van der Waals surface area (Å²) in [5.74, 6) is -0.640. The molecule has 3 aromatic heterocycles. The van der Waals surface area contributed by atoms with Crippen molar-refractivity contribution in [2.75, 3.05) is 5.32 Å². The van der Waals surface area contributed by atoms with E-state index in [0.717, 1.165) is 15.9 Å². The normalized spacial score (nSPS) is 11.1. The Morgan fingerprint density at radius 3 is 2.67 bits per heavy atom. The van der Waals surface area contributed by atoms with Crippen molar-refractivity contribution in [3.05, 3.63) is 75.8 Å². The van der Waals surface area contributed by atoms with Gasteiger partial charge in [0, 0.05) is 11.8 Å². The quantitative estimate of drug-likeness (QED) is 0.465. The highest BCUT2D eigenvalue weighted by molar-refractivity contribution is 9.10. The number of nitrogens with zero attached hydrogens (tertiary/aromatic N) is 7. The van der Waals surface area contributed by atoms with Gasteiger partial charge in [-0.2, -0.15) is 10.2 Å². The fourth-order valence-corrected chi connectivity index (χ4v) is 3.19. The molecule has 4 aromatic rings. The van der Waals surface area contributed by atoms with Gasteiger partial charge in [-0.3, -0.25) is 14.8 Å². The minimum absolute atomic E-state index is 0.119. The average molecular weight is 473 g/mol. The van der Waals surface area contributed by atoms with Crippen molar-refractivity contribution in [1.29, 1.82) is 0 Å². The van der Waals surface area contributed by atoms with Gasteiger partial charge in [0.2, 0.25) is 5.95 Å². The maximum Gasteiger partial charge on any atom is 0.278 e. The summed E-state index contributed by atoms with van der Waals surface area (Å²) in [7, 11) is 0. The molecule has 1 amide bonds. The SMILES string of the molecule is Cc1nn(Cn2ccc(C(=O)Nc3ncn(Cc4ccccc4F)n3)n2)c(C)c1Br. The number of anilines is 1. The summed E-state index contributed by atoms with van der Waals surface area (Å²) in [5, 5.41) is 15.5. The number of carbonyl (C=O) groups excluding carboxylic acids is 1. The first-order valence-corrected chi connectivity index (χ1v) is 9.87. The first kappa shape index (κ1) is 20.0. The number of hydrogen-bond donors (Lipinski definition) is 1. The van der Waals surface area contributed by atoms with Gasteiger partial charge in [0.05, 0.1) is 22.4 Å². The maximum absolute atomic E-state index is 13.8. The lowest BCUT2D eigenvalue weighted by Crippen LogP contribution is -2.16. The first-order chi connectivity index (χ1) is 14.4. The molecule has 30 heavy (non-hydrogen) atoms. The zero-order chi connectivity index (χ0) is 21.3. The van der Waals surface area contributed by atoms with Gasteiger partial charge in [-0.1, -0.05) is 18.2 Å². The third-order valence-electron chi connectivity index (χ3n) is 4.50. The predicted molar refractivity (Wildman–Crippen MR) is 111 cm³/mol. The molecule has 4 rings (SSSR count). The van der Waals surface area contributed by atoms with Crippen molar-refractivity contribution in [3.63, 3.8) is 0 Å². The fraction of sp³-hybridized carbons (Fsp3) is 0.211. The van der Waals surface area contributed by atoms with Crippen LogP contribution < -0.4 is 5.32 Å². The molecule has 154 valence electrons. The highest BCUT2D eigenvalue weighted by Crippen LogP contribution is 2.19. The Labute approximate surface area is 179 Å². The summed E-state index contributed by atoms with van der Waals surface area (Å²) >= 11 is 3.49. The number of amides is 1. The lowest BCUT2D eigenvalue weighted by molar-refractivity contribution is 0.102. The zero-order valence-corrected chi connectivity index (χ0v) is 17.8.